The van der Waals surface area contributed by atoms with Crippen LogP contribution in [0.2, 0.25) is 0 Å². The van der Waals surface area contributed by atoms with Crippen LogP contribution in [0.3, 0.4) is 0 Å². The van der Waals surface area contributed by atoms with Gasteiger partial charge in [-0.1, -0.05) is 6.07 Å². The van der Waals surface area contributed by atoms with Crippen molar-refractivity contribution in [3.05, 3.63) is 23.5 Å². The third kappa shape index (κ3) is 1.72. The van der Waals surface area contributed by atoms with Crippen molar-refractivity contribution in [1.82, 2.24) is 0 Å². The van der Waals surface area contributed by atoms with Crippen LogP contribution in [0.4, 0.5) is 15.8 Å². The van der Waals surface area contributed by atoms with Crippen LogP contribution < -0.4 is 11.5 Å². The minimum Gasteiger partial charge on any atom is -0.397 e. The minimum absolute atomic E-state index is 0.111. The molecule has 0 aliphatic heterocycles. The third-order valence-electron chi connectivity index (χ3n) is 1.87. The lowest BCUT2D eigenvalue weighted by Crippen LogP contribution is -2.18. The maximum absolute atomic E-state index is 13.4. The first-order valence-electron chi connectivity index (χ1n) is 3.90. The normalized spacial score (nSPS) is 11.7. The Morgan fingerprint density at radius 2 is 1.85 bits per heavy atom. The average molecular weight is 184 g/mol. The summed E-state index contributed by atoms with van der Waals surface area (Å²) in [5.74, 6) is -0.646. The largest absolute Gasteiger partial charge is 0.397 e. The Morgan fingerprint density at radius 1 is 1.31 bits per heavy atom. The van der Waals surface area contributed by atoms with Crippen molar-refractivity contribution in [3.8, 4) is 0 Å². The van der Waals surface area contributed by atoms with E-state index in [9.17, 15) is 9.50 Å². The number of anilines is 2. The highest BCUT2D eigenvalue weighted by Crippen LogP contribution is 2.29. The topological polar surface area (TPSA) is 72.3 Å². The highest BCUT2D eigenvalue weighted by atomic mass is 19.1. The van der Waals surface area contributed by atoms with E-state index < -0.39 is 11.4 Å². The minimum atomic E-state index is -1.24. The van der Waals surface area contributed by atoms with Crippen LogP contribution in [0.1, 0.15) is 19.4 Å². The molecule has 0 spiro atoms. The summed E-state index contributed by atoms with van der Waals surface area (Å²) in [6.07, 6.45) is 0. The smallest absolute Gasteiger partial charge is 0.154 e. The van der Waals surface area contributed by atoms with Crippen LogP contribution in [0.15, 0.2) is 12.1 Å². The van der Waals surface area contributed by atoms with Crippen molar-refractivity contribution in [2.75, 3.05) is 11.5 Å². The van der Waals surface area contributed by atoms with Crippen molar-refractivity contribution in [2.45, 2.75) is 19.4 Å². The van der Waals surface area contributed by atoms with E-state index in [2.05, 4.69) is 0 Å². The van der Waals surface area contributed by atoms with Crippen molar-refractivity contribution in [2.24, 2.45) is 0 Å². The molecule has 0 unspecified atom stereocenters. The Labute approximate surface area is 76.2 Å². The number of aliphatic hydroxyl groups is 1. The summed E-state index contributed by atoms with van der Waals surface area (Å²) in [6, 6.07) is 2.91. The second-order valence-corrected chi connectivity index (χ2v) is 3.49. The maximum atomic E-state index is 13.4. The van der Waals surface area contributed by atoms with Gasteiger partial charge in [0.25, 0.3) is 0 Å². The molecule has 1 aromatic rings. The molecule has 0 aliphatic rings. The predicted octanol–water partition coefficient (Wildman–Crippen LogP) is 1.22. The zero-order chi connectivity index (χ0) is 10.2. The van der Waals surface area contributed by atoms with E-state index in [1.165, 1.54) is 26.0 Å². The Morgan fingerprint density at radius 3 is 2.31 bits per heavy atom. The van der Waals surface area contributed by atoms with Gasteiger partial charge in [0.15, 0.2) is 5.82 Å². The van der Waals surface area contributed by atoms with E-state index in [1.54, 1.807) is 0 Å². The number of benzene rings is 1. The number of hydrogen-bond acceptors (Lipinski definition) is 3. The molecule has 0 saturated heterocycles. The van der Waals surface area contributed by atoms with Gasteiger partial charge in [0.2, 0.25) is 0 Å². The molecule has 1 aromatic carbocycles. The van der Waals surface area contributed by atoms with Gasteiger partial charge >= 0.3 is 0 Å². The molecule has 0 aliphatic carbocycles. The molecular formula is C9H13FN2O. The fourth-order valence-corrected chi connectivity index (χ4v) is 1.08. The molecule has 5 N–H and O–H groups in total. The van der Waals surface area contributed by atoms with Crippen LogP contribution in [0, 0.1) is 5.82 Å². The molecule has 72 valence electrons. The Bertz CT molecular complexity index is 331. The van der Waals surface area contributed by atoms with E-state index in [-0.39, 0.29) is 16.9 Å². The van der Waals surface area contributed by atoms with Crippen LogP contribution in [0.25, 0.3) is 0 Å². The molecule has 0 amide bonds. The van der Waals surface area contributed by atoms with Crippen molar-refractivity contribution in [1.29, 1.82) is 0 Å². The van der Waals surface area contributed by atoms with Gasteiger partial charge in [-0.3, -0.25) is 0 Å². The van der Waals surface area contributed by atoms with E-state index >= 15 is 0 Å². The number of rotatable bonds is 1. The van der Waals surface area contributed by atoms with E-state index in [4.69, 9.17) is 11.5 Å². The van der Waals surface area contributed by atoms with Gasteiger partial charge in [-0.25, -0.2) is 4.39 Å². The summed E-state index contributed by atoms with van der Waals surface area (Å²) in [5.41, 5.74) is 9.74. The highest BCUT2D eigenvalue weighted by Gasteiger charge is 2.22. The van der Waals surface area contributed by atoms with Crippen LogP contribution >= 0.6 is 0 Å². The van der Waals surface area contributed by atoms with E-state index in [0.29, 0.717) is 0 Å². The second kappa shape index (κ2) is 2.88. The first kappa shape index (κ1) is 9.80. The van der Waals surface area contributed by atoms with Crippen LogP contribution in [-0.2, 0) is 5.60 Å². The number of nitrogen functional groups attached to an aromatic ring is 2. The second-order valence-electron chi connectivity index (χ2n) is 3.49. The zero-order valence-corrected chi connectivity index (χ0v) is 7.63. The third-order valence-corrected chi connectivity index (χ3v) is 1.87. The molecular weight excluding hydrogens is 171 g/mol. The number of halogens is 1. The molecule has 0 atom stereocenters. The SMILES string of the molecule is CC(C)(O)c1ccc(N)c(N)c1F. The number of hydrogen-bond donors (Lipinski definition) is 3. The highest BCUT2D eigenvalue weighted by molar-refractivity contribution is 5.65. The van der Waals surface area contributed by atoms with Gasteiger partial charge < -0.3 is 16.6 Å². The van der Waals surface area contributed by atoms with Gasteiger partial charge in [0, 0.05) is 5.56 Å². The molecule has 0 aromatic heterocycles. The lowest BCUT2D eigenvalue weighted by molar-refractivity contribution is 0.0747. The van der Waals surface area contributed by atoms with Gasteiger partial charge in [-0.2, -0.15) is 0 Å². The van der Waals surface area contributed by atoms with E-state index in [0.717, 1.165) is 0 Å². The Hall–Kier alpha value is -1.29. The molecule has 0 bridgehead atoms. The molecule has 1 rings (SSSR count). The lowest BCUT2D eigenvalue weighted by atomic mass is 9.97. The lowest BCUT2D eigenvalue weighted by Gasteiger charge is -2.19. The summed E-state index contributed by atoms with van der Waals surface area (Å²) in [4.78, 5) is 0. The zero-order valence-electron chi connectivity index (χ0n) is 7.63. The molecule has 0 heterocycles. The first-order chi connectivity index (χ1) is 5.84. The number of nitrogens with two attached hydrogens (primary N) is 2. The van der Waals surface area contributed by atoms with Crippen molar-refractivity contribution >= 4 is 11.4 Å². The fraction of sp³-hybridized carbons (Fsp3) is 0.333. The van der Waals surface area contributed by atoms with Gasteiger partial charge in [-0.05, 0) is 19.9 Å². The summed E-state index contributed by atoms with van der Waals surface area (Å²) in [6.45, 7) is 2.97. The molecule has 3 nitrogen and oxygen atoms in total. The van der Waals surface area contributed by atoms with Gasteiger partial charge in [-0.15, -0.1) is 0 Å². The van der Waals surface area contributed by atoms with E-state index in [1.807, 2.05) is 0 Å². The van der Waals surface area contributed by atoms with Crippen LogP contribution in [0.5, 0.6) is 0 Å². The molecule has 4 heteroatoms. The maximum Gasteiger partial charge on any atom is 0.154 e. The molecule has 13 heavy (non-hydrogen) atoms. The summed E-state index contributed by atoms with van der Waals surface area (Å²) in [7, 11) is 0. The standard InChI is InChI=1S/C9H13FN2O/c1-9(2,13)5-3-4-6(11)8(12)7(5)10/h3-4,13H,11-12H2,1-2H3. The monoisotopic (exact) mass is 184 g/mol. The van der Waals surface area contributed by atoms with Crippen LogP contribution in [-0.4, -0.2) is 5.11 Å². The Kier molecular flexibility index (Phi) is 2.17. The quantitative estimate of drug-likeness (QED) is 0.574. The predicted molar refractivity (Wildman–Crippen MR) is 50.5 cm³/mol. The summed E-state index contributed by atoms with van der Waals surface area (Å²) < 4.78 is 13.4. The van der Waals surface area contributed by atoms with Gasteiger partial charge in [0.1, 0.15) is 0 Å². The van der Waals surface area contributed by atoms with Gasteiger partial charge in [0.05, 0.1) is 17.0 Å². The Balaban J connectivity index is 3.35. The first-order valence-corrected chi connectivity index (χ1v) is 3.90. The average Bonchev–Trinajstić information content (AvgIpc) is 1.98. The fourth-order valence-electron chi connectivity index (χ4n) is 1.08. The summed E-state index contributed by atoms with van der Waals surface area (Å²) in [5, 5.41) is 9.55. The van der Waals surface area contributed by atoms with Crippen molar-refractivity contribution in [3.63, 3.8) is 0 Å². The molecule has 0 fully saturated rings. The summed E-state index contributed by atoms with van der Waals surface area (Å²) >= 11 is 0. The molecule has 0 saturated carbocycles. The molecule has 0 radical (unpaired) electrons. The van der Waals surface area contributed by atoms with Crippen molar-refractivity contribution < 1.29 is 9.50 Å².